The number of halogens is 2. The number of hydrogen-bond donors (Lipinski definition) is 1. The molecule has 3 rings (SSSR count). The van der Waals surface area contributed by atoms with Crippen molar-refractivity contribution in [3.05, 3.63) is 58.3 Å². The maximum absolute atomic E-state index is 12.9. The van der Waals surface area contributed by atoms with Gasteiger partial charge in [-0.25, -0.2) is 14.4 Å². The Balaban J connectivity index is 1.80. The molecule has 3 aromatic rings. The van der Waals surface area contributed by atoms with E-state index in [0.717, 1.165) is 26.7 Å². The molecule has 0 aliphatic rings. The Morgan fingerprint density at radius 2 is 1.90 bits per heavy atom. The molecule has 0 fully saturated rings. The fourth-order valence-corrected chi connectivity index (χ4v) is 2.60. The van der Waals surface area contributed by atoms with Crippen molar-refractivity contribution in [2.45, 2.75) is 0 Å². The summed E-state index contributed by atoms with van der Waals surface area (Å²) in [7, 11) is 0. The Bertz CT molecular complexity index is 710. The van der Waals surface area contributed by atoms with E-state index in [0.29, 0.717) is 0 Å². The van der Waals surface area contributed by atoms with Crippen LogP contribution in [-0.4, -0.2) is 9.97 Å². The molecule has 0 saturated heterocycles. The second-order valence-electron chi connectivity index (χ2n) is 4.03. The largest absolute Gasteiger partial charge is 0.316 e. The number of hydrogen-bond acceptors (Lipinski definition) is 4. The van der Waals surface area contributed by atoms with Gasteiger partial charge in [0.05, 0.1) is 5.69 Å². The van der Waals surface area contributed by atoms with E-state index in [-0.39, 0.29) is 5.82 Å². The van der Waals surface area contributed by atoms with E-state index in [9.17, 15) is 4.39 Å². The maximum Gasteiger partial charge on any atom is 0.188 e. The molecule has 1 N–H and O–H groups in total. The Morgan fingerprint density at radius 3 is 2.60 bits per heavy atom. The fourth-order valence-electron chi connectivity index (χ4n) is 1.64. The molecule has 20 heavy (non-hydrogen) atoms. The lowest BCUT2D eigenvalue weighted by molar-refractivity contribution is 0.628. The van der Waals surface area contributed by atoms with E-state index in [1.165, 1.54) is 23.5 Å². The van der Waals surface area contributed by atoms with Gasteiger partial charge in [-0.15, -0.1) is 11.3 Å². The zero-order valence-electron chi connectivity index (χ0n) is 10.2. The molecular weight excluding hydrogens is 341 g/mol. The summed E-state index contributed by atoms with van der Waals surface area (Å²) in [4.78, 5) is 8.69. The number of nitrogens with zero attached hydrogens (tertiary/aromatic N) is 2. The summed E-state index contributed by atoms with van der Waals surface area (Å²) in [6, 6.07) is 10.1. The van der Waals surface area contributed by atoms with Gasteiger partial charge in [0.15, 0.2) is 5.13 Å². The standard InChI is InChI=1S/C14H9BrFN3S/c15-10-3-6-13(17-7-10)19-14-18-12(8-20-14)9-1-4-11(16)5-2-9/h1-8H,(H,17,18,19). The third-order valence-corrected chi connectivity index (χ3v) is 3.83. The summed E-state index contributed by atoms with van der Waals surface area (Å²) >= 11 is 4.82. The molecule has 0 atom stereocenters. The van der Waals surface area contributed by atoms with Crippen molar-refractivity contribution in [1.82, 2.24) is 9.97 Å². The van der Waals surface area contributed by atoms with Gasteiger partial charge < -0.3 is 5.32 Å². The zero-order chi connectivity index (χ0) is 13.9. The predicted octanol–water partition coefficient (Wildman–Crippen LogP) is 4.85. The average Bonchev–Trinajstić information content (AvgIpc) is 2.91. The van der Waals surface area contributed by atoms with Crippen LogP contribution in [-0.2, 0) is 0 Å². The molecule has 0 bridgehead atoms. The van der Waals surface area contributed by atoms with Crippen LogP contribution in [0.1, 0.15) is 0 Å². The van der Waals surface area contributed by atoms with Crippen LogP contribution in [0.2, 0.25) is 0 Å². The lowest BCUT2D eigenvalue weighted by Crippen LogP contribution is -1.92. The van der Waals surface area contributed by atoms with Gasteiger partial charge >= 0.3 is 0 Å². The van der Waals surface area contributed by atoms with Crippen molar-refractivity contribution in [1.29, 1.82) is 0 Å². The van der Waals surface area contributed by atoms with Crippen molar-refractivity contribution in [2.75, 3.05) is 5.32 Å². The first-order valence-corrected chi connectivity index (χ1v) is 7.48. The van der Waals surface area contributed by atoms with Crippen LogP contribution in [0.5, 0.6) is 0 Å². The minimum Gasteiger partial charge on any atom is -0.316 e. The number of pyridine rings is 1. The Labute approximate surface area is 127 Å². The summed E-state index contributed by atoms with van der Waals surface area (Å²) in [5, 5.41) is 5.81. The number of thiazole rings is 1. The van der Waals surface area contributed by atoms with Crippen LogP contribution >= 0.6 is 27.3 Å². The van der Waals surface area contributed by atoms with E-state index in [1.54, 1.807) is 18.3 Å². The van der Waals surface area contributed by atoms with Crippen LogP contribution < -0.4 is 5.32 Å². The normalized spacial score (nSPS) is 10.5. The SMILES string of the molecule is Fc1ccc(-c2csc(Nc3ccc(Br)cn3)n2)cc1. The second kappa shape index (κ2) is 5.68. The van der Waals surface area contributed by atoms with Crippen LogP contribution in [0.4, 0.5) is 15.3 Å². The number of anilines is 2. The quantitative estimate of drug-likeness (QED) is 0.734. The van der Waals surface area contributed by atoms with Crippen molar-refractivity contribution in [3.8, 4) is 11.3 Å². The van der Waals surface area contributed by atoms with Gasteiger partial charge in [0.1, 0.15) is 11.6 Å². The highest BCUT2D eigenvalue weighted by Gasteiger charge is 2.05. The topological polar surface area (TPSA) is 37.8 Å². The van der Waals surface area contributed by atoms with E-state index in [4.69, 9.17) is 0 Å². The van der Waals surface area contributed by atoms with Gasteiger partial charge in [-0.3, -0.25) is 0 Å². The van der Waals surface area contributed by atoms with Crippen molar-refractivity contribution in [2.24, 2.45) is 0 Å². The zero-order valence-corrected chi connectivity index (χ0v) is 12.6. The highest BCUT2D eigenvalue weighted by atomic mass is 79.9. The first-order valence-electron chi connectivity index (χ1n) is 5.81. The van der Waals surface area contributed by atoms with Crippen LogP contribution in [0.25, 0.3) is 11.3 Å². The molecule has 0 radical (unpaired) electrons. The Morgan fingerprint density at radius 1 is 1.10 bits per heavy atom. The van der Waals surface area contributed by atoms with Crippen LogP contribution in [0, 0.1) is 5.82 Å². The lowest BCUT2D eigenvalue weighted by atomic mass is 10.2. The Hall–Kier alpha value is -1.79. The molecule has 6 heteroatoms. The minimum absolute atomic E-state index is 0.249. The molecule has 0 amide bonds. The van der Waals surface area contributed by atoms with E-state index in [2.05, 4.69) is 31.2 Å². The fraction of sp³-hybridized carbons (Fsp3) is 0. The van der Waals surface area contributed by atoms with Crippen LogP contribution in [0.15, 0.2) is 52.4 Å². The summed E-state index contributed by atoms with van der Waals surface area (Å²) < 4.78 is 13.8. The molecular formula is C14H9BrFN3S. The maximum atomic E-state index is 12.9. The first kappa shape index (κ1) is 13.2. The molecule has 0 spiro atoms. The minimum atomic E-state index is -0.249. The first-order chi connectivity index (χ1) is 9.70. The highest BCUT2D eigenvalue weighted by Crippen LogP contribution is 2.26. The number of benzene rings is 1. The molecule has 1 aromatic carbocycles. The van der Waals surface area contributed by atoms with Gasteiger partial charge in [-0.05, 0) is 52.3 Å². The van der Waals surface area contributed by atoms with Crippen molar-refractivity contribution >= 4 is 38.2 Å². The summed E-state index contributed by atoms with van der Waals surface area (Å²) in [6.07, 6.45) is 1.72. The summed E-state index contributed by atoms with van der Waals surface area (Å²) in [6.45, 7) is 0. The third-order valence-electron chi connectivity index (χ3n) is 2.61. The highest BCUT2D eigenvalue weighted by molar-refractivity contribution is 9.10. The van der Waals surface area contributed by atoms with E-state index >= 15 is 0 Å². The van der Waals surface area contributed by atoms with Gasteiger partial charge in [-0.2, -0.15) is 0 Å². The van der Waals surface area contributed by atoms with Crippen molar-refractivity contribution in [3.63, 3.8) is 0 Å². The van der Waals surface area contributed by atoms with Gasteiger partial charge in [0.25, 0.3) is 0 Å². The summed E-state index contributed by atoms with van der Waals surface area (Å²) in [5.41, 5.74) is 1.70. The Kier molecular flexibility index (Phi) is 3.75. The van der Waals surface area contributed by atoms with Crippen molar-refractivity contribution < 1.29 is 4.39 Å². The number of rotatable bonds is 3. The summed E-state index contributed by atoms with van der Waals surface area (Å²) in [5.74, 6) is 0.481. The third kappa shape index (κ3) is 3.02. The predicted molar refractivity (Wildman–Crippen MR) is 82.7 cm³/mol. The van der Waals surface area contributed by atoms with Crippen LogP contribution in [0.3, 0.4) is 0 Å². The lowest BCUT2D eigenvalue weighted by Gasteiger charge is -2.00. The molecule has 2 aromatic heterocycles. The number of nitrogens with one attached hydrogen (secondary N) is 1. The van der Waals surface area contributed by atoms with E-state index < -0.39 is 0 Å². The molecule has 0 aliphatic carbocycles. The smallest absolute Gasteiger partial charge is 0.188 e. The number of aromatic nitrogens is 2. The van der Waals surface area contributed by atoms with Gasteiger partial charge in [-0.1, -0.05) is 0 Å². The molecule has 3 nitrogen and oxygen atoms in total. The molecule has 0 saturated carbocycles. The molecule has 2 heterocycles. The average molecular weight is 350 g/mol. The molecule has 100 valence electrons. The van der Waals surface area contributed by atoms with E-state index in [1.807, 2.05) is 17.5 Å². The molecule has 0 unspecified atom stereocenters. The second-order valence-corrected chi connectivity index (χ2v) is 5.81. The monoisotopic (exact) mass is 349 g/mol. The molecule has 0 aliphatic heterocycles. The van der Waals surface area contributed by atoms with Gasteiger partial charge in [0.2, 0.25) is 0 Å². The van der Waals surface area contributed by atoms with Gasteiger partial charge in [0, 0.05) is 21.6 Å².